The van der Waals surface area contributed by atoms with E-state index in [4.69, 9.17) is 15.0 Å². The first-order valence-electron chi connectivity index (χ1n) is 20.2. The molecule has 0 aliphatic heterocycles. The molecular formula is C54H37N5. The number of para-hydroxylation sites is 3. The Hall–Kier alpha value is -7.63. The number of hydrogen-bond donors (Lipinski definition) is 0. The minimum absolute atomic E-state index is 0.108. The van der Waals surface area contributed by atoms with Gasteiger partial charge in [-0.05, 0) is 69.8 Å². The van der Waals surface area contributed by atoms with Crippen LogP contribution in [0.25, 0.3) is 100 Å². The number of aromatic nitrogens is 5. The van der Waals surface area contributed by atoms with E-state index in [1.165, 1.54) is 33.0 Å². The van der Waals surface area contributed by atoms with E-state index in [1.54, 1.807) is 0 Å². The summed E-state index contributed by atoms with van der Waals surface area (Å²) in [5, 5.41) is 4.64. The summed E-state index contributed by atoms with van der Waals surface area (Å²) in [6, 6.07) is 67.0. The first kappa shape index (κ1) is 33.5. The Kier molecular flexibility index (Phi) is 7.20. The lowest BCUT2D eigenvalue weighted by Crippen LogP contribution is -2.14. The van der Waals surface area contributed by atoms with Gasteiger partial charge in [0.05, 0.1) is 22.1 Å². The van der Waals surface area contributed by atoms with Crippen LogP contribution in [0.4, 0.5) is 0 Å². The summed E-state index contributed by atoms with van der Waals surface area (Å²) in [5.41, 5.74) is 14.6. The van der Waals surface area contributed by atoms with E-state index in [1.807, 2.05) is 6.07 Å². The molecule has 12 rings (SSSR count). The Labute approximate surface area is 341 Å². The molecule has 0 unspecified atom stereocenters. The van der Waals surface area contributed by atoms with Crippen LogP contribution in [0.2, 0.25) is 0 Å². The summed E-state index contributed by atoms with van der Waals surface area (Å²) in [5.74, 6) is 1.81. The van der Waals surface area contributed by atoms with Crippen molar-refractivity contribution in [3.8, 4) is 56.7 Å². The number of fused-ring (bicyclic) bond motifs is 10. The fourth-order valence-electron chi connectivity index (χ4n) is 9.60. The molecule has 0 spiro atoms. The molecule has 1 aliphatic carbocycles. The smallest absolute Gasteiger partial charge is 0.238 e. The topological polar surface area (TPSA) is 48.5 Å². The van der Waals surface area contributed by atoms with Crippen LogP contribution in [0.5, 0.6) is 0 Å². The van der Waals surface area contributed by atoms with E-state index in [9.17, 15) is 0 Å². The van der Waals surface area contributed by atoms with Gasteiger partial charge in [0, 0.05) is 43.8 Å². The predicted octanol–water partition coefficient (Wildman–Crippen LogP) is 13.4. The molecule has 0 saturated carbocycles. The van der Waals surface area contributed by atoms with Crippen LogP contribution < -0.4 is 0 Å². The Morgan fingerprint density at radius 3 is 1.64 bits per heavy atom. The number of rotatable bonds is 5. The molecule has 8 aromatic carbocycles. The van der Waals surface area contributed by atoms with Crippen molar-refractivity contribution in [2.75, 3.05) is 0 Å². The molecule has 0 amide bonds. The zero-order valence-electron chi connectivity index (χ0n) is 32.6. The molecule has 11 aromatic rings. The molecule has 0 fully saturated rings. The lowest BCUT2D eigenvalue weighted by Gasteiger charge is -2.21. The molecule has 3 aromatic heterocycles. The number of hydrogen-bond acceptors (Lipinski definition) is 3. The van der Waals surface area contributed by atoms with E-state index >= 15 is 0 Å². The van der Waals surface area contributed by atoms with Crippen molar-refractivity contribution in [3.05, 3.63) is 199 Å². The quantitative estimate of drug-likeness (QED) is 0.176. The van der Waals surface area contributed by atoms with Crippen molar-refractivity contribution in [3.63, 3.8) is 0 Å². The minimum Gasteiger partial charge on any atom is -0.307 e. The zero-order chi connectivity index (χ0) is 39.2. The fourth-order valence-corrected chi connectivity index (χ4v) is 9.60. The summed E-state index contributed by atoms with van der Waals surface area (Å²) < 4.78 is 4.67. The van der Waals surface area contributed by atoms with Gasteiger partial charge in [-0.15, -0.1) is 0 Å². The highest BCUT2D eigenvalue weighted by atomic mass is 15.2. The van der Waals surface area contributed by atoms with Crippen LogP contribution in [-0.2, 0) is 5.41 Å². The highest BCUT2D eigenvalue weighted by molar-refractivity contribution is 6.23. The van der Waals surface area contributed by atoms with Crippen molar-refractivity contribution >= 4 is 43.6 Å². The predicted molar refractivity (Wildman–Crippen MR) is 242 cm³/mol. The maximum absolute atomic E-state index is 5.46. The lowest BCUT2D eigenvalue weighted by molar-refractivity contribution is 0.660. The summed E-state index contributed by atoms with van der Waals surface area (Å²) in [4.78, 5) is 16.2. The Balaban J connectivity index is 1.18. The third kappa shape index (κ3) is 5.01. The van der Waals surface area contributed by atoms with Crippen molar-refractivity contribution in [2.45, 2.75) is 19.3 Å². The molecule has 5 heteroatoms. The van der Waals surface area contributed by atoms with Crippen molar-refractivity contribution in [1.82, 2.24) is 24.1 Å². The van der Waals surface area contributed by atoms with Gasteiger partial charge in [-0.1, -0.05) is 166 Å². The van der Waals surface area contributed by atoms with Gasteiger partial charge in [0.2, 0.25) is 5.95 Å². The van der Waals surface area contributed by atoms with Gasteiger partial charge in [0.15, 0.2) is 11.6 Å². The molecule has 1 aliphatic rings. The van der Waals surface area contributed by atoms with Gasteiger partial charge < -0.3 is 4.57 Å². The molecule has 59 heavy (non-hydrogen) atoms. The Morgan fingerprint density at radius 2 is 0.915 bits per heavy atom. The van der Waals surface area contributed by atoms with Crippen LogP contribution in [-0.4, -0.2) is 24.1 Å². The third-order valence-electron chi connectivity index (χ3n) is 12.4. The van der Waals surface area contributed by atoms with Gasteiger partial charge in [0.1, 0.15) is 0 Å². The average Bonchev–Trinajstić information content (AvgIpc) is 3.90. The third-order valence-corrected chi connectivity index (χ3v) is 12.4. The van der Waals surface area contributed by atoms with Gasteiger partial charge in [-0.25, -0.2) is 4.98 Å². The van der Waals surface area contributed by atoms with Gasteiger partial charge >= 0.3 is 0 Å². The summed E-state index contributed by atoms with van der Waals surface area (Å²) >= 11 is 0. The zero-order valence-corrected chi connectivity index (χ0v) is 32.6. The van der Waals surface area contributed by atoms with Crippen LogP contribution in [0.15, 0.2) is 188 Å². The summed E-state index contributed by atoms with van der Waals surface area (Å²) in [7, 11) is 0. The van der Waals surface area contributed by atoms with Crippen LogP contribution in [0, 0.1) is 0 Å². The second-order valence-corrected chi connectivity index (χ2v) is 16.1. The van der Waals surface area contributed by atoms with Crippen molar-refractivity contribution in [2.24, 2.45) is 0 Å². The highest BCUT2D eigenvalue weighted by Gasteiger charge is 2.35. The molecule has 3 heterocycles. The normalized spacial score (nSPS) is 13.1. The molecule has 0 bridgehead atoms. The molecule has 0 saturated heterocycles. The molecule has 0 radical (unpaired) electrons. The first-order valence-corrected chi connectivity index (χ1v) is 20.2. The van der Waals surface area contributed by atoms with E-state index in [0.29, 0.717) is 17.6 Å². The molecule has 0 atom stereocenters. The van der Waals surface area contributed by atoms with E-state index < -0.39 is 0 Å². The second-order valence-electron chi connectivity index (χ2n) is 16.1. The average molecular weight is 756 g/mol. The number of nitrogens with zero attached hydrogens (tertiary/aromatic N) is 5. The lowest BCUT2D eigenvalue weighted by atomic mass is 9.82. The first-order chi connectivity index (χ1) is 29.0. The highest BCUT2D eigenvalue weighted by Crippen LogP contribution is 2.49. The number of benzene rings is 8. The van der Waals surface area contributed by atoms with E-state index in [0.717, 1.165) is 60.8 Å². The second kappa shape index (κ2) is 12.7. The molecule has 5 nitrogen and oxygen atoms in total. The molecule has 0 N–H and O–H groups in total. The van der Waals surface area contributed by atoms with Gasteiger partial charge in [-0.2, -0.15) is 9.97 Å². The minimum atomic E-state index is -0.108. The monoisotopic (exact) mass is 755 g/mol. The summed E-state index contributed by atoms with van der Waals surface area (Å²) in [6.45, 7) is 4.63. The van der Waals surface area contributed by atoms with E-state index in [2.05, 4.69) is 205 Å². The molecule has 278 valence electrons. The SMILES string of the molecule is CC1(C)c2ccccc2-c2cc(-c3nc(-c4cccc(-c5ccccc5)c4)nc(-n4c5ccccc5c5ccc6c7ccccc7n(-c7ccccc7)c6c54)n3)ccc21. The van der Waals surface area contributed by atoms with Crippen molar-refractivity contribution < 1.29 is 0 Å². The maximum atomic E-state index is 5.46. The summed E-state index contributed by atoms with van der Waals surface area (Å²) in [6.07, 6.45) is 0. The standard InChI is InChI=1S/C54H37N5/c1-54(2)45-25-12-9-22-39(45)44-33-37(28-31-46(44)54)52-55-51(36-19-15-18-35(32-36)34-16-5-3-6-17-34)56-53(57-52)59-48-27-14-11-24-41(48)43-30-29-42-40-23-10-13-26-47(40)58(49(42)50(43)59)38-20-7-4-8-21-38/h3-33H,1-2H3. The van der Waals surface area contributed by atoms with Gasteiger partial charge in [0.25, 0.3) is 0 Å². The van der Waals surface area contributed by atoms with Crippen molar-refractivity contribution in [1.29, 1.82) is 0 Å². The fraction of sp³-hybridized carbons (Fsp3) is 0.0556. The van der Waals surface area contributed by atoms with Gasteiger partial charge in [-0.3, -0.25) is 4.57 Å². The van der Waals surface area contributed by atoms with E-state index in [-0.39, 0.29) is 5.41 Å². The Bertz CT molecular complexity index is 3470. The van der Waals surface area contributed by atoms with Crippen LogP contribution in [0.1, 0.15) is 25.0 Å². The van der Waals surface area contributed by atoms with Crippen LogP contribution >= 0.6 is 0 Å². The Morgan fingerprint density at radius 1 is 0.373 bits per heavy atom. The van der Waals surface area contributed by atoms with Crippen LogP contribution in [0.3, 0.4) is 0 Å². The molecular weight excluding hydrogens is 719 g/mol. The largest absolute Gasteiger partial charge is 0.307 e. The maximum Gasteiger partial charge on any atom is 0.238 e.